The van der Waals surface area contributed by atoms with Gasteiger partial charge in [0.15, 0.2) is 5.78 Å². The first-order valence-corrected chi connectivity index (χ1v) is 10.6. The number of nitrogens with zero attached hydrogens (tertiary/aromatic N) is 2. The van der Waals surface area contributed by atoms with Crippen molar-refractivity contribution in [3.05, 3.63) is 64.1 Å². The zero-order chi connectivity index (χ0) is 20.1. The highest BCUT2D eigenvalue weighted by molar-refractivity contribution is 9.10. The Kier molecular flexibility index (Phi) is 6.91. The monoisotopic (exact) mass is 444 g/mol. The maximum Gasteiger partial charge on any atom is 0.183 e. The van der Waals surface area contributed by atoms with Crippen LogP contribution in [0.4, 0.5) is 5.69 Å². The second kappa shape index (κ2) is 9.21. The summed E-state index contributed by atoms with van der Waals surface area (Å²) in [4.78, 5) is 18.0. The molecule has 0 saturated carbocycles. The molecule has 4 nitrogen and oxygen atoms in total. The Balaban J connectivity index is 1.86. The molecule has 28 heavy (non-hydrogen) atoms. The number of carbonyl (C=O) groups excluding carboxylic acids is 1. The summed E-state index contributed by atoms with van der Waals surface area (Å²) in [6.07, 6.45) is 1.43. The Morgan fingerprint density at radius 3 is 2.39 bits per heavy atom. The van der Waals surface area contributed by atoms with Crippen molar-refractivity contribution in [2.75, 3.05) is 45.3 Å². The number of halogens is 1. The highest BCUT2D eigenvalue weighted by Crippen LogP contribution is 2.29. The second-order valence-electron chi connectivity index (χ2n) is 7.56. The lowest BCUT2D eigenvalue weighted by molar-refractivity contribution is 0.0666. The summed E-state index contributed by atoms with van der Waals surface area (Å²) in [6, 6.07) is 16.3. The number of hydrogen-bond donors (Lipinski definition) is 0. The zero-order valence-electron chi connectivity index (χ0n) is 17.0. The number of rotatable bonds is 7. The van der Waals surface area contributed by atoms with Gasteiger partial charge in [-0.3, -0.25) is 9.69 Å². The van der Waals surface area contributed by atoms with Gasteiger partial charge in [0.05, 0.1) is 18.8 Å². The van der Waals surface area contributed by atoms with Crippen LogP contribution in [-0.2, 0) is 11.2 Å². The Morgan fingerprint density at radius 1 is 1.14 bits per heavy atom. The quantitative estimate of drug-likeness (QED) is 0.591. The number of ketones is 1. The van der Waals surface area contributed by atoms with Crippen LogP contribution >= 0.6 is 15.9 Å². The van der Waals surface area contributed by atoms with Crippen LogP contribution in [0.15, 0.2) is 53.0 Å². The number of Topliss-reactive ketones (excluding diaryl/α,β-unsaturated/α-hetero) is 1. The van der Waals surface area contributed by atoms with Gasteiger partial charge in [0.25, 0.3) is 0 Å². The van der Waals surface area contributed by atoms with Gasteiger partial charge < -0.3 is 9.64 Å². The molecule has 0 N–H and O–H groups in total. The standard InChI is InChI=1S/C23H29BrN2O2/c1-4-23(25(2)3,17-18-6-5-7-20(24)16-18)22(27)19-8-10-21(11-9-19)26-12-14-28-15-13-26/h5-11,16H,4,12-15,17H2,1-3H3. The molecule has 150 valence electrons. The number of likely N-dealkylation sites (N-methyl/N-ethyl adjacent to an activating group) is 1. The first kappa shape index (κ1) is 21.0. The van der Waals surface area contributed by atoms with Crippen molar-refractivity contribution in [2.45, 2.75) is 25.3 Å². The van der Waals surface area contributed by atoms with E-state index in [1.807, 2.05) is 38.4 Å². The van der Waals surface area contributed by atoms with E-state index in [1.165, 1.54) is 0 Å². The van der Waals surface area contributed by atoms with Crippen LogP contribution in [0.25, 0.3) is 0 Å². The summed E-state index contributed by atoms with van der Waals surface area (Å²) in [5.74, 6) is 0.175. The van der Waals surface area contributed by atoms with Gasteiger partial charge in [0, 0.05) is 28.8 Å². The third-order valence-corrected chi connectivity index (χ3v) is 6.25. The lowest BCUT2D eigenvalue weighted by Gasteiger charge is -2.38. The Morgan fingerprint density at radius 2 is 1.82 bits per heavy atom. The van der Waals surface area contributed by atoms with Crippen molar-refractivity contribution in [1.82, 2.24) is 4.90 Å². The van der Waals surface area contributed by atoms with Crippen LogP contribution in [0.5, 0.6) is 0 Å². The van der Waals surface area contributed by atoms with Gasteiger partial charge in [-0.2, -0.15) is 0 Å². The number of benzene rings is 2. The van der Waals surface area contributed by atoms with E-state index in [9.17, 15) is 4.79 Å². The fraction of sp³-hybridized carbons (Fsp3) is 0.435. The van der Waals surface area contributed by atoms with Crippen LogP contribution in [0.2, 0.25) is 0 Å². The molecule has 0 aromatic heterocycles. The first-order chi connectivity index (χ1) is 13.5. The van der Waals surface area contributed by atoms with Crippen LogP contribution in [0, 0.1) is 0 Å². The Bertz CT molecular complexity index is 801. The molecule has 1 heterocycles. The maximum atomic E-state index is 13.6. The van der Waals surface area contributed by atoms with Gasteiger partial charge >= 0.3 is 0 Å². The molecular weight excluding hydrogens is 416 g/mol. The van der Waals surface area contributed by atoms with E-state index in [-0.39, 0.29) is 5.78 Å². The lowest BCUT2D eigenvalue weighted by Crippen LogP contribution is -2.52. The van der Waals surface area contributed by atoms with Gasteiger partial charge in [-0.1, -0.05) is 35.0 Å². The minimum Gasteiger partial charge on any atom is -0.378 e. The number of morpholine rings is 1. The SMILES string of the molecule is CCC(Cc1cccc(Br)c1)(C(=O)c1ccc(N2CCOCC2)cc1)N(C)C. The van der Waals surface area contributed by atoms with Gasteiger partial charge in [0.2, 0.25) is 0 Å². The van der Waals surface area contributed by atoms with Crippen molar-refractivity contribution in [3.63, 3.8) is 0 Å². The summed E-state index contributed by atoms with van der Waals surface area (Å²) < 4.78 is 6.47. The van der Waals surface area contributed by atoms with Crippen molar-refractivity contribution >= 4 is 27.4 Å². The molecule has 1 aliphatic rings. The average Bonchev–Trinajstić information content (AvgIpc) is 2.72. The van der Waals surface area contributed by atoms with Crippen LogP contribution in [0.1, 0.15) is 29.3 Å². The third kappa shape index (κ3) is 4.48. The van der Waals surface area contributed by atoms with Crippen molar-refractivity contribution in [1.29, 1.82) is 0 Å². The van der Waals surface area contributed by atoms with E-state index < -0.39 is 5.54 Å². The number of carbonyl (C=O) groups is 1. The highest BCUT2D eigenvalue weighted by atomic mass is 79.9. The summed E-state index contributed by atoms with van der Waals surface area (Å²) in [7, 11) is 4.00. The Labute approximate surface area is 176 Å². The molecule has 0 aliphatic carbocycles. The molecule has 0 radical (unpaired) electrons. The third-order valence-electron chi connectivity index (χ3n) is 5.75. The molecule has 1 saturated heterocycles. The molecule has 1 aliphatic heterocycles. The number of anilines is 1. The fourth-order valence-corrected chi connectivity index (χ4v) is 4.39. The smallest absolute Gasteiger partial charge is 0.183 e. The lowest BCUT2D eigenvalue weighted by atomic mass is 9.80. The predicted molar refractivity (Wildman–Crippen MR) is 118 cm³/mol. The van der Waals surface area contributed by atoms with Gasteiger partial charge in [-0.25, -0.2) is 0 Å². The highest BCUT2D eigenvalue weighted by Gasteiger charge is 2.39. The molecule has 5 heteroatoms. The molecule has 3 rings (SSSR count). The summed E-state index contributed by atoms with van der Waals surface area (Å²) in [6.45, 7) is 5.40. The zero-order valence-corrected chi connectivity index (χ0v) is 18.5. The maximum absolute atomic E-state index is 13.6. The Hall–Kier alpha value is -1.69. The summed E-state index contributed by atoms with van der Waals surface area (Å²) in [5, 5.41) is 0. The topological polar surface area (TPSA) is 32.8 Å². The molecule has 0 bridgehead atoms. The predicted octanol–water partition coefficient (Wildman–Crippen LogP) is 4.42. The summed E-state index contributed by atoms with van der Waals surface area (Å²) in [5.41, 5.74) is 2.51. The molecule has 2 aromatic rings. The molecular formula is C23H29BrN2O2. The summed E-state index contributed by atoms with van der Waals surface area (Å²) >= 11 is 3.54. The van der Waals surface area contributed by atoms with Gasteiger partial charge in [-0.15, -0.1) is 0 Å². The molecule has 1 unspecified atom stereocenters. The van der Waals surface area contributed by atoms with E-state index in [0.29, 0.717) is 6.42 Å². The largest absolute Gasteiger partial charge is 0.378 e. The van der Waals surface area contributed by atoms with E-state index in [4.69, 9.17) is 4.74 Å². The molecule has 0 spiro atoms. The number of hydrogen-bond acceptors (Lipinski definition) is 4. The normalized spacial score (nSPS) is 16.8. The van der Waals surface area contributed by atoms with Gasteiger partial charge in [-0.05, 0) is 68.9 Å². The van der Waals surface area contributed by atoms with Crippen LogP contribution in [0.3, 0.4) is 0 Å². The van der Waals surface area contributed by atoms with Crippen molar-refractivity contribution in [3.8, 4) is 0 Å². The fourth-order valence-electron chi connectivity index (χ4n) is 3.94. The van der Waals surface area contributed by atoms with Crippen LogP contribution in [-0.4, -0.2) is 56.6 Å². The van der Waals surface area contributed by atoms with E-state index in [2.05, 4.69) is 56.9 Å². The minimum atomic E-state index is -0.568. The van der Waals surface area contributed by atoms with E-state index in [0.717, 1.165) is 54.0 Å². The van der Waals surface area contributed by atoms with Crippen LogP contribution < -0.4 is 4.90 Å². The van der Waals surface area contributed by atoms with Crippen molar-refractivity contribution in [2.24, 2.45) is 0 Å². The van der Waals surface area contributed by atoms with Gasteiger partial charge in [0.1, 0.15) is 0 Å². The minimum absolute atomic E-state index is 0.175. The van der Waals surface area contributed by atoms with E-state index in [1.54, 1.807) is 0 Å². The first-order valence-electron chi connectivity index (χ1n) is 9.86. The molecule has 1 fully saturated rings. The molecule has 1 atom stereocenters. The second-order valence-corrected chi connectivity index (χ2v) is 8.48. The average molecular weight is 445 g/mol. The number of ether oxygens (including phenoxy) is 1. The molecule has 2 aromatic carbocycles. The van der Waals surface area contributed by atoms with E-state index >= 15 is 0 Å². The molecule has 0 amide bonds. The van der Waals surface area contributed by atoms with Crippen molar-refractivity contribution < 1.29 is 9.53 Å².